The SMILES string of the molecule is C#CCOc1ccc(CC(C)(Cc2ccc(C)cc2)C(N)=O)cc1OC. The van der Waals surface area contributed by atoms with Crippen LogP contribution in [-0.2, 0) is 17.6 Å². The fourth-order valence-electron chi connectivity index (χ4n) is 2.90. The first-order chi connectivity index (χ1) is 12.4. The van der Waals surface area contributed by atoms with E-state index in [0.717, 1.165) is 11.1 Å². The largest absolute Gasteiger partial charge is 0.493 e. The molecule has 0 aliphatic heterocycles. The van der Waals surface area contributed by atoms with Crippen molar-refractivity contribution >= 4 is 5.91 Å². The van der Waals surface area contributed by atoms with E-state index in [1.165, 1.54) is 5.56 Å². The molecule has 0 bridgehead atoms. The van der Waals surface area contributed by atoms with E-state index in [-0.39, 0.29) is 12.5 Å². The Hall–Kier alpha value is -2.93. The number of hydrogen-bond acceptors (Lipinski definition) is 3. The molecule has 1 atom stereocenters. The number of methoxy groups -OCH3 is 1. The van der Waals surface area contributed by atoms with E-state index in [9.17, 15) is 4.79 Å². The summed E-state index contributed by atoms with van der Waals surface area (Å²) in [5.74, 6) is 3.26. The van der Waals surface area contributed by atoms with E-state index < -0.39 is 5.41 Å². The van der Waals surface area contributed by atoms with E-state index in [1.54, 1.807) is 13.2 Å². The lowest BCUT2D eigenvalue weighted by Gasteiger charge is -2.27. The van der Waals surface area contributed by atoms with Gasteiger partial charge in [-0.3, -0.25) is 4.79 Å². The van der Waals surface area contributed by atoms with Gasteiger partial charge in [0, 0.05) is 0 Å². The molecule has 0 saturated heterocycles. The number of ether oxygens (including phenoxy) is 2. The third kappa shape index (κ3) is 4.80. The molecular formula is C22H25NO3. The minimum absolute atomic E-state index is 0.169. The summed E-state index contributed by atoms with van der Waals surface area (Å²) in [6.07, 6.45) is 6.30. The molecule has 2 aromatic carbocycles. The van der Waals surface area contributed by atoms with E-state index in [0.29, 0.717) is 24.3 Å². The Balaban J connectivity index is 2.24. The van der Waals surface area contributed by atoms with Crippen LogP contribution in [0.1, 0.15) is 23.6 Å². The zero-order chi connectivity index (χ0) is 19.2. The van der Waals surface area contributed by atoms with Crippen LogP contribution in [0.4, 0.5) is 0 Å². The lowest BCUT2D eigenvalue weighted by atomic mass is 9.77. The number of rotatable bonds is 8. The maximum Gasteiger partial charge on any atom is 0.224 e. The van der Waals surface area contributed by atoms with Crippen molar-refractivity contribution in [3.05, 3.63) is 59.2 Å². The van der Waals surface area contributed by atoms with Crippen LogP contribution in [0.25, 0.3) is 0 Å². The van der Waals surface area contributed by atoms with Crippen molar-refractivity contribution < 1.29 is 14.3 Å². The Labute approximate surface area is 155 Å². The van der Waals surface area contributed by atoms with Crippen molar-refractivity contribution in [3.63, 3.8) is 0 Å². The van der Waals surface area contributed by atoms with Crippen LogP contribution >= 0.6 is 0 Å². The summed E-state index contributed by atoms with van der Waals surface area (Å²) < 4.78 is 10.8. The normalized spacial score (nSPS) is 12.7. The quantitative estimate of drug-likeness (QED) is 0.742. The predicted molar refractivity (Wildman–Crippen MR) is 103 cm³/mol. The minimum atomic E-state index is -0.707. The molecule has 0 fully saturated rings. The molecule has 26 heavy (non-hydrogen) atoms. The molecule has 2 rings (SSSR count). The van der Waals surface area contributed by atoms with Gasteiger partial charge in [-0.05, 0) is 43.0 Å². The third-order valence-electron chi connectivity index (χ3n) is 4.44. The van der Waals surface area contributed by atoms with Crippen LogP contribution < -0.4 is 15.2 Å². The molecule has 2 aromatic rings. The molecule has 0 aliphatic rings. The predicted octanol–water partition coefficient (Wildman–Crippen LogP) is 3.29. The van der Waals surface area contributed by atoms with E-state index in [2.05, 4.69) is 5.92 Å². The van der Waals surface area contributed by atoms with Crippen LogP contribution in [0.5, 0.6) is 11.5 Å². The van der Waals surface area contributed by atoms with Gasteiger partial charge in [0.2, 0.25) is 5.91 Å². The van der Waals surface area contributed by atoms with Crippen molar-refractivity contribution in [1.82, 2.24) is 0 Å². The Morgan fingerprint density at radius 1 is 1.12 bits per heavy atom. The molecule has 4 heteroatoms. The Morgan fingerprint density at radius 3 is 2.31 bits per heavy atom. The average molecular weight is 351 g/mol. The first-order valence-corrected chi connectivity index (χ1v) is 8.46. The summed E-state index contributed by atoms with van der Waals surface area (Å²) in [5, 5.41) is 0. The van der Waals surface area contributed by atoms with E-state index >= 15 is 0 Å². The Morgan fingerprint density at radius 2 is 1.73 bits per heavy atom. The first kappa shape index (κ1) is 19.4. The molecule has 4 nitrogen and oxygen atoms in total. The van der Waals surface area contributed by atoms with Gasteiger partial charge in [0.1, 0.15) is 6.61 Å². The van der Waals surface area contributed by atoms with Crippen molar-refractivity contribution in [3.8, 4) is 23.8 Å². The standard InChI is InChI=1S/C22H25NO3/c1-5-12-26-19-11-10-18(13-20(19)25-4)15-22(3,21(23)24)14-17-8-6-16(2)7-9-17/h1,6-11,13H,12,14-15H2,2-4H3,(H2,23,24). The van der Waals surface area contributed by atoms with Gasteiger partial charge in [0.05, 0.1) is 12.5 Å². The van der Waals surface area contributed by atoms with E-state index in [1.807, 2.05) is 50.2 Å². The highest BCUT2D eigenvalue weighted by Crippen LogP contribution is 2.33. The van der Waals surface area contributed by atoms with Crippen LogP contribution in [0.2, 0.25) is 0 Å². The van der Waals surface area contributed by atoms with Crippen LogP contribution in [0.3, 0.4) is 0 Å². The summed E-state index contributed by atoms with van der Waals surface area (Å²) >= 11 is 0. The number of aryl methyl sites for hydroxylation is 1. The van der Waals surface area contributed by atoms with Crippen LogP contribution in [-0.4, -0.2) is 19.6 Å². The molecule has 2 N–H and O–H groups in total. The van der Waals surface area contributed by atoms with Crippen molar-refractivity contribution in [2.24, 2.45) is 11.1 Å². The summed E-state index contributed by atoms with van der Waals surface area (Å²) in [4.78, 5) is 12.2. The molecule has 0 heterocycles. The molecule has 0 radical (unpaired) electrons. The maximum absolute atomic E-state index is 12.2. The topological polar surface area (TPSA) is 61.5 Å². The van der Waals surface area contributed by atoms with Crippen molar-refractivity contribution in [2.75, 3.05) is 13.7 Å². The van der Waals surface area contributed by atoms with Crippen LogP contribution in [0, 0.1) is 24.7 Å². The third-order valence-corrected chi connectivity index (χ3v) is 4.44. The van der Waals surface area contributed by atoms with E-state index in [4.69, 9.17) is 21.6 Å². The number of carbonyl (C=O) groups excluding carboxylic acids is 1. The summed E-state index contributed by atoms with van der Waals surface area (Å²) in [5.41, 5.74) is 8.25. The summed E-state index contributed by atoms with van der Waals surface area (Å²) in [6.45, 7) is 4.10. The van der Waals surface area contributed by atoms with Gasteiger partial charge in [0.25, 0.3) is 0 Å². The minimum Gasteiger partial charge on any atom is -0.493 e. The molecular weight excluding hydrogens is 326 g/mol. The molecule has 0 aromatic heterocycles. The monoisotopic (exact) mass is 351 g/mol. The zero-order valence-electron chi connectivity index (χ0n) is 15.5. The smallest absolute Gasteiger partial charge is 0.224 e. The molecule has 1 unspecified atom stereocenters. The van der Waals surface area contributed by atoms with Gasteiger partial charge < -0.3 is 15.2 Å². The van der Waals surface area contributed by atoms with Gasteiger partial charge >= 0.3 is 0 Å². The fraction of sp³-hybridized carbons (Fsp3) is 0.318. The average Bonchev–Trinajstić information content (AvgIpc) is 2.62. The Bertz CT molecular complexity index is 805. The number of carbonyl (C=O) groups is 1. The second-order valence-electron chi connectivity index (χ2n) is 6.74. The van der Waals surface area contributed by atoms with Crippen molar-refractivity contribution in [1.29, 1.82) is 0 Å². The van der Waals surface area contributed by atoms with Crippen molar-refractivity contribution in [2.45, 2.75) is 26.7 Å². The first-order valence-electron chi connectivity index (χ1n) is 8.46. The second-order valence-corrected chi connectivity index (χ2v) is 6.74. The number of terminal acetylenes is 1. The molecule has 1 amide bonds. The second kappa shape index (κ2) is 8.44. The number of nitrogens with two attached hydrogens (primary N) is 1. The Kier molecular flexibility index (Phi) is 6.30. The fourth-order valence-corrected chi connectivity index (χ4v) is 2.90. The van der Waals surface area contributed by atoms with Gasteiger partial charge in [0.15, 0.2) is 11.5 Å². The summed E-state index contributed by atoms with van der Waals surface area (Å²) in [6, 6.07) is 13.7. The zero-order valence-corrected chi connectivity index (χ0v) is 15.5. The van der Waals surface area contributed by atoms with Gasteiger partial charge in [-0.1, -0.05) is 48.7 Å². The lowest BCUT2D eigenvalue weighted by molar-refractivity contribution is -0.126. The highest BCUT2D eigenvalue weighted by Gasteiger charge is 2.32. The summed E-state index contributed by atoms with van der Waals surface area (Å²) in [7, 11) is 1.57. The molecule has 0 spiro atoms. The number of hydrogen-bond donors (Lipinski definition) is 1. The highest BCUT2D eigenvalue weighted by atomic mass is 16.5. The highest BCUT2D eigenvalue weighted by molar-refractivity contribution is 5.81. The van der Waals surface area contributed by atoms with Gasteiger partial charge in [-0.2, -0.15) is 0 Å². The molecule has 0 aliphatic carbocycles. The maximum atomic E-state index is 12.2. The lowest BCUT2D eigenvalue weighted by Crippen LogP contribution is -2.38. The van der Waals surface area contributed by atoms with Crippen LogP contribution in [0.15, 0.2) is 42.5 Å². The van der Waals surface area contributed by atoms with Gasteiger partial charge in [-0.25, -0.2) is 0 Å². The molecule has 136 valence electrons. The number of primary amides is 1. The number of benzene rings is 2. The molecule has 0 saturated carbocycles. The number of amides is 1. The van der Waals surface area contributed by atoms with Gasteiger partial charge in [-0.15, -0.1) is 6.42 Å².